The summed E-state index contributed by atoms with van der Waals surface area (Å²) in [6, 6.07) is 5.37. The quantitative estimate of drug-likeness (QED) is 0.843. The van der Waals surface area contributed by atoms with E-state index in [1.807, 2.05) is 0 Å². The minimum Gasteiger partial charge on any atom is -0.345 e. The van der Waals surface area contributed by atoms with Crippen molar-refractivity contribution in [2.75, 3.05) is 13.1 Å². The van der Waals surface area contributed by atoms with Gasteiger partial charge >= 0.3 is 0 Å². The summed E-state index contributed by atoms with van der Waals surface area (Å²) in [4.78, 5) is 12.7. The van der Waals surface area contributed by atoms with Crippen molar-refractivity contribution in [1.29, 1.82) is 0 Å². The van der Waals surface area contributed by atoms with Crippen LogP contribution in [0.2, 0.25) is 0 Å². The number of rotatable bonds is 5. The second kappa shape index (κ2) is 7.77. The van der Waals surface area contributed by atoms with Crippen LogP contribution in [0.1, 0.15) is 48.1 Å². The third-order valence-corrected chi connectivity index (χ3v) is 6.49. The van der Waals surface area contributed by atoms with Gasteiger partial charge in [0, 0.05) is 26.3 Å². The fraction of sp³-hybridized carbons (Fsp3) is 0.444. The van der Waals surface area contributed by atoms with Crippen LogP contribution >= 0.6 is 0 Å². The van der Waals surface area contributed by atoms with Crippen molar-refractivity contribution in [3.63, 3.8) is 0 Å². The number of amides is 1. The monoisotopic (exact) mass is 394 g/mol. The lowest BCUT2D eigenvalue weighted by Crippen LogP contribution is -2.37. The highest BCUT2D eigenvalue weighted by Gasteiger charge is 2.33. The molecule has 9 heteroatoms. The van der Waals surface area contributed by atoms with Gasteiger partial charge in [-0.15, -0.1) is 0 Å². The van der Waals surface area contributed by atoms with Crippen LogP contribution in [-0.4, -0.2) is 41.5 Å². The molecular formula is C18H23FN4O3S. The molecule has 1 atom stereocenters. The molecule has 0 unspecified atom stereocenters. The molecule has 0 saturated carbocycles. The summed E-state index contributed by atoms with van der Waals surface area (Å²) in [5, 5.41) is 6.58. The third-order valence-electron chi connectivity index (χ3n) is 4.66. The second-order valence-corrected chi connectivity index (χ2v) is 8.59. The van der Waals surface area contributed by atoms with E-state index in [2.05, 4.69) is 10.4 Å². The summed E-state index contributed by atoms with van der Waals surface area (Å²) in [6.07, 6.45) is 4.00. The molecule has 1 aliphatic rings. The molecule has 146 valence electrons. The molecule has 1 N–H and O–H groups in total. The first-order valence-electron chi connectivity index (χ1n) is 8.89. The minimum absolute atomic E-state index is 0.0111. The Morgan fingerprint density at radius 3 is 2.44 bits per heavy atom. The Balaban J connectivity index is 1.84. The fourth-order valence-corrected chi connectivity index (χ4v) is 4.79. The van der Waals surface area contributed by atoms with Gasteiger partial charge < -0.3 is 5.32 Å². The molecule has 0 spiro atoms. The Morgan fingerprint density at radius 1 is 1.19 bits per heavy atom. The average molecular weight is 394 g/mol. The van der Waals surface area contributed by atoms with Crippen LogP contribution in [-0.2, 0) is 17.1 Å². The summed E-state index contributed by atoms with van der Waals surface area (Å²) < 4.78 is 41.7. The number of carbonyl (C=O) groups is 1. The molecule has 1 aliphatic heterocycles. The van der Waals surface area contributed by atoms with Crippen LogP contribution in [0.5, 0.6) is 0 Å². The van der Waals surface area contributed by atoms with Gasteiger partial charge in [0.05, 0.1) is 11.6 Å². The van der Waals surface area contributed by atoms with Gasteiger partial charge in [0.1, 0.15) is 5.82 Å². The number of piperidine rings is 1. The molecular weight excluding hydrogens is 371 g/mol. The summed E-state index contributed by atoms with van der Waals surface area (Å²) in [7, 11) is -2.25. The maximum atomic E-state index is 13.1. The Bertz CT molecular complexity index is 919. The first-order valence-corrected chi connectivity index (χ1v) is 10.3. The van der Waals surface area contributed by atoms with Gasteiger partial charge in [-0.25, -0.2) is 12.8 Å². The van der Waals surface area contributed by atoms with Crippen LogP contribution in [0.3, 0.4) is 0 Å². The maximum Gasteiger partial charge on any atom is 0.263 e. The predicted octanol–water partition coefficient (Wildman–Crippen LogP) is 2.22. The van der Waals surface area contributed by atoms with Gasteiger partial charge in [0.25, 0.3) is 15.9 Å². The van der Waals surface area contributed by atoms with Gasteiger partial charge in [-0.05, 0) is 37.5 Å². The van der Waals surface area contributed by atoms with Crippen LogP contribution in [0, 0.1) is 5.82 Å². The van der Waals surface area contributed by atoms with Gasteiger partial charge in [0.15, 0.2) is 0 Å². The highest BCUT2D eigenvalue weighted by atomic mass is 32.2. The zero-order valence-corrected chi connectivity index (χ0v) is 16.2. The molecule has 3 rings (SSSR count). The van der Waals surface area contributed by atoms with Crippen LogP contribution in [0.25, 0.3) is 0 Å². The molecule has 0 bridgehead atoms. The Hall–Kier alpha value is -2.26. The zero-order valence-electron chi connectivity index (χ0n) is 15.4. The lowest BCUT2D eigenvalue weighted by molar-refractivity contribution is 0.0936. The lowest BCUT2D eigenvalue weighted by Gasteiger charge is -2.25. The number of benzene rings is 1. The van der Waals surface area contributed by atoms with Gasteiger partial charge in [-0.2, -0.15) is 9.40 Å². The van der Waals surface area contributed by atoms with E-state index in [0.717, 1.165) is 19.3 Å². The van der Waals surface area contributed by atoms with Crippen LogP contribution < -0.4 is 5.32 Å². The standard InChI is InChI=1S/C18H23FN4O3S/c1-13(14-6-8-15(19)9-7-14)20-17(24)16-12-22(2)21-18(16)27(25,26)23-10-4-3-5-11-23/h6-9,12-13H,3-5,10-11H2,1-2H3,(H,20,24)/t13-/m0/s1. The number of nitrogens with one attached hydrogen (secondary N) is 1. The molecule has 2 heterocycles. The lowest BCUT2D eigenvalue weighted by atomic mass is 10.1. The second-order valence-electron chi connectivity index (χ2n) is 6.73. The van der Waals surface area contributed by atoms with E-state index < -0.39 is 22.0 Å². The average Bonchev–Trinajstić information content (AvgIpc) is 3.06. The molecule has 1 aromatic heterocycles. The van der Waals surface area contributed by atoms with Crippen LogP contribution in [0.4, 0.5) is 4.39 Å². The van der Waals surface area contributed by atoms with Crippen molar-refractivity contribution in [3.8, 4) is 0 Å². The van der Waals surface area contributed by atoms with E-state index in [1.165, 1.54) is 27.3 Å². The number of halogens is 1. The molecule has 1 amide bonds. The maximum absolute atomic E-state index is 13.1. The summed E-state index contributed by atoms with van der Waals surface area (Å²) in [5.74, 6) is -0.894. The Labute approximate surface area is 158 Å². The first-order chi connectivity index (χ1) is 12.8. The number of hydrogen-bond donors (Lipinski definition) is 1. The largest absolute Gasteiger partial charge is 0.345 e. The highest BCUT2D eigenvalue weighted by molar-refractivity contribution is 7.89. The molecule has 2 aromatic rings. The zero-order chi connectivity index (χ0) is 19.6. The summed E-state index contributed by atoms with van der Waals surface area (Å²) in [5.41, 5.74) is 0.728. The first kappa shape index (κ1) is 19.5. The minimum atomic E-state index is -3.83. The molecule has 7 nitrogen and oxygen atoms in total. The normalized spacial score (nSPS) is 16.9. The van der Waals surface area contributed by atoms with Crippen LogP contribution in [0.15, 0.2) is 35.5 Å². The number of aromatic nitrogens is 2. The molecule has 27 heavy (non-hydrogen) atoms. The van der Waals surface area contributed by atoms with E-state index in [9.17, 15) is 17.6 Å². The summed E-state index contributed by atoms with van der Waals surface area (Å²) >= 11 is 0. The summed E-state index contributed by atoms with van der Waals surface area (Å²) in [6.45, 7) is 2.62. The van der Waals surface area contributed by atoms with E-state index in [1.54, 1.807) is 26.1 Å². The smallest absolute Gasteiger partial charge is 0.263 e. The van der Waals surface area contributed by atoms with Crippen molar-refractivity contribution in [2.24, 2.45) is 7.05 Å². The van der Waals surface area contributed by atoms with Gasteiger partial charge in [0.2, 0.25) is 5.03 Å². The van der Waals surface area contributed by atoms with Crippen molar-refractivity contribution < 1.29 is 17.6 Å². The van der Waals surface area contributed by atoms with E-state index in [0.29, 0.717) is 18.7 Å². The third kappa shape index (κ3) is 4.19. The van der Waals surface area contributed by atoms with Crippen molar-refractivity contribution in [3.05, 3.63) is 47.4 Å². The number of nitrogens with zero attached hydrogens (tertiary/aromatic N) is 3. The van der Waals surface area contributed by atoms with Crippen molar-refractivity contribution >= 4 is 15.9 Å². The molecule has 1 fully saturated rings. The fourth-order valence-electron chi connectivity index (χ4n) is 3.15. The van der Waals surface area contributed by atoms with Gasteiger partial charge in [-0.1, -0.05) is 18.6 Å². The van der Waals surface area contributed by atoms with Crippen molar-refractivity contribution in [1.82, 2.24) is 19.4 Å². The topological polar surface area (TPSA) is 84.3 Å². The molecule has 0 aliphatic carbocycles. The van der Waals surface area contributed by atoms with E-state index in [4.69, 9.17) is 0 Å². The van der Waals surface area contributed by atoms with E-state index >= 15 is 0 Å². The Morgan fingerprint density at radius 2 is 1.81 bits per heavy atom. The van der Waals surface area contributed by atoms with E-state index in [-0.39, 0.29) is 16.4 Å². The molecule has 1 aromatic carbocycles. The SMILES string of the molecule is C[C@H](NC(=O)c1cn(C)nc1S(=O)(=O)N1CCCCC1)c1ccc(F)cc1. The number of hydrogen-bond acceptors (Lipinski definition) is 4. The van der Waals surface area contributed by atoms with Gasteiger partial charge in [-0.3, -0.25) is 9.48 Å². The number of aryl methyl sites for hydroxylation is 1. The number of carbonyl (C=O) groups excluding carboxylic acids is 1. The molecule has 1 saturated heterocycles. The predicted molar refractivity (Wildman–Crippen MR) is 98.1 cm³/mol. The Kier molecular flexibility index (Phi) is 5.61. The van der Waals surface area contributed by atoms with Crippen molar-refractivity contribution in [2.45, 2.75) is 37.3 Å². The molecule has 0 radical (unpaired) electrons. The number of sulfonamides is 1. The highest BCUT2D eigenvalue weighted by Crippen LogP contribution is 2.23.